The minimum Gasteiger partial charge on any atom is -0.448 e. The van der Waals surface area contributed by atoms with Crippen molar-refractivity contribution in [1.82, 2.24) is 14.6 Å². The van der Waals surface area contributed by atoms with E-state index in [-0.39, 0.29) is 29.2 Å². The van der Waals surface area contributed by atoms with Gasteiger partial charge >= 0.3 is 13.9 Å². The SMILES string of the molecule is CC(C)(C)OC(=O)N(C(=O)c1c(OCOP(=O)(OCc2ccccc2)OCc2ccccc2)nn2ccncc12)c1c(F)c(F)c(-c2ccccc2)c(F)c1F. The van der Waals surface area contributed by atoms with Gasteiger partial charge in [-0.25, -0.2) is 40.9 Å². The molecular weight excluding hydrogens is 759 g/mol. The second-order valence-electron chi connectivity index (χ2n) is 12.9. The zero-order valence-corrected chi connectivity index (χ0v) is 30.9. The van der Waals surface area contributed by atoms with Crippen molar-refractivity contribution < 1.29 is 54.8 Å². The van der Waals surface area contributed by atoms with E-state index in [1.54, 1.807) is 60.7 Å². The molecule has 0 N–H and O–H groups in total. The second-order valence-corrected chi connectivity index (χ2v) is 14.6. The highest BCUT2D eigenvalue weighted by atomic mass is 31.2. The first-order chi connectivity index (χ1) is 26.8. The van der Waals surface area contributed by atoms with Gasteiger partial charge in [0.25, 0.3) is 5.91 Å². The van der Waals surface area contributed by atoms with Crippen LogP contribution in [0, 0.1) is 23.3 Å². The minimum atomic E-state index is -4.45. The van der Waals surface area contributed by atoms with Crippen LogP contribution < -0.4 is 9.64 Å². The molecule has 17 heteroatoms. The Balaban J connectivity index is 1.37. The molecule has 0 aliphatic heterocycles. The summed E-state index contributed by atoms with van der Waals surface area (Å²) in [6, 6.07) is 24.1. The van der Waals surface area contributed by atoms with E-state index in [0.29, 0.717) is 11.1 Å². The van der Waals surface area contributed by atoms with Crippen molar-refractivity contribution in [2.24, 2.45) is 0 Å². The molecule has 0 saturated heterocycles. The fourth-order valence-electron chi connectivity index (χ4n) is 5.26. The van der Waals surface area contributed by atoms with E-state index in [9.17, 15) is 14.2 Å². The van der Waals surface area contributed by atoms with Crippen molar-refractivity contribution in [3.05, 3.63) is 150 Å². The third kappa shape index (κ3) is 8.95. The van der Waals surface area contributed by atoms with Crippen LogP contribution in [0.25, 0.3) is 16.6 Å². The number of phosphoric ester groups is 1. The smallest absolute Gasteiger partial charge is 0.448 e. The molecule has 2 aromatic heterocycles. The van der Waals surface area contributed by atoms with E-state index in [1.165, 1.54) is 63.5 Å². The Morgan fingerprint density at radius 1 is 0.768 bits per heavy atom. The number of hydrogen-bond acceptors (Lipinski definition) is 10. The number of carbonyl (C=O) groups is 2. The van der Waals surface area contributed by atoms with Gasteiger partial charge in [-0.3, -0.25) is 18.8 Å². The predicted octanol–water partition coefficient (Wildman–Crippen LogP) is 9.43. The Kier molecular flexibility index (Phi) is 12.0. The maximum absolute atomic E-state index is 16.0. The molecule has 12 nitrogen and oxygen atoms in total. The van der Waals surface area contributed by atoms with Crippen LogP contribution in [0.15, 0.2) is 110 Å². The zero-order valence-electron chi connectivity index (χ0n) is 30.0. The van der Waals surface area contributed by atoms with Gasteiger partial charge in [-0.2, -0.15) is 0 Å². The summed E-state index contributed by atoms with van der Waals surface area (Å²) in [5.74, 6) is -10.2. The van der Waals surface area contributed by atoms with E-state index >= 15 is 17.6 Å². The molecule has 0 atom stereocenters. The molecule has 0 saturated carbocycles. The second kappa shape index (κ2) is 16.8. The lowest BCUT2D eigenvalue weighted by Crippen LogP contribution is -2.42. The van der Waals surface area contributed by atoms with Gasteiger partial charge in [-0.1, -0.05) is 91.0 Å². The van der Waals surface area contributed by atoms with Crippen molar-refractivity contribution >= 4 is 31.0 Å². The van der Waals surface area contributed by atoms with Crippen LogP contribution >= 0.6 is 7.82 Å². The van der Waals surface area contributed by atoms with Crippen molar-refractivity contribution in [3.8, 4) is 17.0 Å². The number of carbonyl (C=O) groups excluding carboxylic acids is 2. The average molecular weight is 793 g/mol. The molecule has 0 bridgehead atoms. The van der Waals surface area contributed by atoms with Gasteiger partial charge in [0.1, 0.15) is 22.4 Å². The number of aromatic nitrogens is 3. The quantitative estimate of drug-likeness (QED) is 0.0483. The summed E-state index contributed by atoms with van der Waals surface area (Å²) in [6.07, 6.45) is 1.94. The largest absolute Gasteiger partial charge is 0.478 e. The lowest BCUT2D eigenvalue weighted by atomic mass is 10.0. The molecule has 0 aliphatic carbocycles. The summed E-state index contributed by atoms with van der Waals surface area (Å²) in [5, 5.41) is 4.15. The molecule has 0 fully saturated rings. The van der Waals surface area contributed by atoms with Crippen LogP contribution in [0.1, 0.15) is 42.3 Å². The number of rotatable bonds is 13. The standard InChI is InChI=1S/C39H33F4N4O8P/c1-39(2,3)55-38(49)47(35-33(42)31(40)29(32(41)34(35)43)27-17-11-6-12-18-27)37(48)30-28-21-44-19-20-46(28)45-36(30)51-24-54-56(50,52-22-25-13-7-4-8-14-25)53-23-26-15-9-5-10-16-26/h4-21H,22-24H2,1-3H3. The lowest BCUT2D eigenvalue weighted by molar-refractivity contribution is 0.0418. The first kappa shape index (κ1) is 39.8. The van der Waals surface area contributed by atoms with Gasteiger partial charge in [0.2, 0.25) is 12.7 Å². The zero-order chi connectivity index (χ0) is 40.0. The number of hydrogen-bond donors (Lipinski definition) is 0. The number of anilines is 1. The molecule has 6 rings (SSSR count). The highest BCUT2D eigenvalue weighted by molar-refractivity contribution is 7.48. The molecule has 0 unspecified atom stereocenters. The van der Waals surface area contributed by atoms with Crippen molar-refractivity contribution in [2.45, 2.75) is 39.6 Å². The summed E-state index contributed by atoms with van der Waals surface area (Å²) in [7, 11) is -4.45. The lowest BCUT2D eigenvalue weighted by Gasteiger charge is -2.27. The predicted molar refractivity (Wildman–Crippen MR) is 194 cm³/mol. The number of benzene rings is 4. The van der Waals surface area contributed by atoms with Crippen LogP contribution in [0.2, 0.25) is 0 Å². The van der Waals surface area contributed by atoms with Crippen molar-refractivity contribution in [2.75, 3.05) is 11.7 Å². The molecule has 6 aromatic rings. The maximum Gasteiger partial charge on any atom is 0.478 e. The van der Waals surface area contributed by atoms with Crippen molar-refractivity contribution in [3.63, 3.8) is 0 Å². The summed E-state index contributed by atoms with van der Waals surface area (Å²) >= 11 is 0. The summed E-state index contributed by atoms with van der Waals surface area (Å²) < 4.78 is 106. The van der Waals surface area contributed by atoms with E-state index in [4.69, 9.17) is 23.0 Å². The minimum absolute atomic E-state index is 0.187. The van der Waals surface area contributed by atoms with Crippen LogP contribution in [0.4, 0.5) is 28.0 Å². The molecule has 56 heavy (non-hydrogen) atoms. The third-order valence-corrected chi connectivity index (χ3v) is 9.11. The number of nitrogens with zero attached hydrogens (tertiary/aromatic N) is 4. The first-order valence-corrected chi connectivity index (χ1v) is 18.3. The number of halogens is 4. The van der Waals surface area contributed by atoms with Gasteiger partial charge < -0.3 is 9.47 Å². The number of fused-ring (bicyclic) bond motifs is 1. The fraction of sp³-hybridized carbons (Fsp3) is 0.179. The van der Waals surface area contributed by atoms with Crippen LogP contribution in [0.3, 0.4) is 0 Å². The van der Waals surface area contributed by atoms with E-state index in [2.05, 4.69) is 10.1 Å². The topological polar surface area (TPSA) is 131 Å². The third-order valence-electron chi connectivity index (χ3n) is 7.80. The van der Waals surface area contributed by atoms with Gasteiger partial charge in [0.05, 0.1) is 25.0 Å². The van der Waals surface area contributed by atoms with E-state index in [1.807, 2.05) is 0 Å². The maximum atomic E-state index is 16.0. The van der Waals surface area contributed by atoms with Crippen LogP contribution in [-0.4, -0.2) is 39.0 Å². The Hall–Kier alpha value is -5.93. The Morgan fingerprint density at radius 2 is 1.30 bits per heavy atom. The molecule has 2 heterocycles. The Labute approximate surface area is 317 Å². The molecule has 0 radical (unpaired) electrons. The fourth-order valence-corrected chi connectivity index (χ4v) is 6.28. The number of amides is 2. The molecule has 2 amide bonds. The average Bonchev–Trinajstić information content (AvgIpc) is 3.56. The van der Waals surface area contributed by atoms with Crippen LogP contribution in [-0.2, 0) is 36.1 Å². The number of ether oxygens (including phenoxy) is 2. The number of phosphoric acid groups is 1. The summed E-state index contributed by atoms with van der Waals surface area (Å²) in [5.41, 5.74) is -3.98. The Morgan fingerprint density at radius 3 is 1.84 bits per heavy atom. The first-order valence-electron chi connectivity index (χ1n) is 16.8. The molecular formula is C39H33F4N4O8P. The normalized spacial score (nSPS) is 11.8. The highest BCUT2D eigenvalue weighted by Gasteiger charge is 2.41. The molecule has 4 aromatic carbocycles. The number of imide groups is 1. The Bertz CT molecular complexity index is 2320. The summed E-state index contributed by atoms with van der Waals surface area (Å²) in [6.45, 7) is 2.82. The molecule has 0 spiro atoms. The molecule has 290 valence electrons. The van der Waals surface area contributed by atoms with Gasteiger partial charge in [-0.05, 0) is 37.5 Å². The molecule has 0 aliphatic rings. The van der Waals surface area contributed by atoms with Gasteiger partial charge in [0, 0.05) is 12.4 Å². The van der Waals surface area contributed by atoms with E-state index < -0.39 is 78.2 Å². The van der Waals surface area contributed by atoms with E-state index in [0.717, 1.165) is 10.7 Å². The van der Waals surface area contributed by atoms with Crippen molar-refractivity contribution in [1.29, 1.82) is 0 Å². The van der Waals surface area contributed by atoms with Gasteiger partial charge in [-0.15, -0.1) is 5.10 Å². The summed E-state index contributed by atoms with van der Waals surface area (Å²) in [4.78, 5) is 31.9. The monoisotopic (exact) mass is 792 g/mol. The highest BCUT2D eigenvalue weighted by Crippen LogP contribution is 2.51. The van der Waals surface area contributed by atoms with Crippen LogP contribution in [0.5, 0.6) is 5.88 Å². The van der Waals surface area contributed by atoms with Gasteiger partial charge in [0.15, 0.2) is 23.3 Å².